The molecule has 1 aliphatic rings. The van der Waals surface area contributed by atoms with Crippen molar-refractivity contribution in [2.24, 2.45) is 5.92 Å². The predicted octanol–water partition coefficient (Wildman–Crippen LogP) is 3.23. The Labute approximate surface area is 127 Å². The molecule has 1 N–H and O–H groups in total. The first-order valence-corrected chi connectivity index (χ1v) is 8.08. The third-order valence-corrected chi connectivity index (χ3v) is 4.53. The average molecular weight is 283 g/mol. The highest BCUT2D eigenvalue weighted by atomic mass is 15.2. The zero-order valence-electron chi connectivity index (χ0n) is 13.0. The molecule has 0 radical (unpaired) electrons. The highest BCUT2D eigenvalue weighted by Crippen LogP contribution is 2.36. The zero-order chi connectivity index (χ0) is 14.7. The summed E-state index contributed by atoms with van der Waals surface area (Å²) < 4.78 is 0. The second kappa shape index (κ2) is 6.54. The molecule has 1 aliphatic heterocycles. The maximum atomic E-state index is 4.95. The molecule has 1 aromatic carbocycles. The molecule has 1 fully saturated rings. The van der Waals surface area contributed by atoms with Gasteiger partial charge in [-0.3, -0.25) is 9.88 Å². The van der Waals surface area contributed by atoms with Crippen molar-refractivity contribution in [2.45, 2.75) is 25.8 Å². The Bertz CT molecular complexity index is 582. The van der Waals surface area contributed by atoms with Crippen LogP contribution in [0.1, 0.15) is 31.5 Å². The van der Waals surface area contributed by atoms with Gasteiger partial charge in [0, 0.05) is 5.39 Å². The lowest BCUT2D eigenvalue weighted by molar-refractivity contribution is 0.223. The van der Waals surface area contributed by atoms with Crippen LogP contribution < -0.4 is 5.32 Å². The molecular weight excluding hydrogens is 258 g/mol. The van der Waals surface area contributed by atoms with Gasteiger partial charge in [-0.2, -0.15) is 0 Å². The van der Waals surface area contributed by atoms with Crippen molar-refractivity contribution in [3.63, 3.8) is 0 Å². The number of benzene rings is 1. The first-order valence-electron chi connectivity index (χ1n) is 8.08. The van der Waals surface area contributed by atoms with Crippen LogP contribution >= 0.6 is 0 Å². The van der Waals surface area contributed by atoms with Gasteiger partial charge in [-0.05, 0) is 57.6 Å². The zero-order valence-corrected chi connectivity index (χ0v) is 13.0. The predicted molar refractivity (Wildman–Crippen MR) is 88.4 cm³/mol. The van der Waals surface area contributed by atoms with Crippen molar-refractivity contribution in [1.82, 2.24) is 15.2 Å². The van der Waals surface area contributed by atoms with Crippen LogP contribution in [0.25, 0.3) is 10.9 Å². The fourth-order valence-electron chi connectivity index (χ4n) is 3.62. The van der Waals surface area contributed by atoms with E-state index in [1.165, 1.54) is 37.0 Å². The quantitative estimate of drug-likeness (QED) is 0.913. The minimum Gasteiger partial charge on any atom is -0.319 e. The molecule has 2 unspecified atom stereocenters. The molecule has 0 aliphatic carbocycles. The van der Waals surface area contributed by atoms with Crippen LogP contribution in [-0.2, 0) is 0 Å². The minimum atomic E-state index is 0.460. The molecule has 0 spiro atoms. The molecule has 2 atom stereocenters. The lowest BCUT2D eigenvalue weighted by Gasteiger charge is -2.27. The summed E-state index contributed by atoms with van der Waals surface area (Å²) in [5, 5.41) is 4.58. The molecular formula is C18H25N3. The number of pyridine rings is 1. The van der Waals surface area contributed by atoms with E-state index in [1.807, 2.05) is 7.05 Å². The molecule has 0 bridgehead atoms. The van der Waals surface area contributed by atoms with Gasteiger partial charge in [-0.25, -0.2) is 0 Å². The van der Waals surface area contributed by atoms with Crippen molar-refractivity contribution in [3.8, 4) is 0 Å². The van der Waals surface area contributed by atoms with E-state index in [4.69, 9.17) is 4.98 Å². The lowest BCUT2D eigenvalue weighted by atomic mass is 9.96. The third kappa shape index (κ3) is 2.94. The molecule has 3 heteroatoms. The molecule has 1 aromatic heterocycles. The van der Waals surface area contributed by atoms with E-state index >= 15 is 0 Å². The number of hydrogen-bond acceptors (Lipinski definition) is 3. The number of rotatable bonds is 5. The van der Waals surface area contributed by atoms with E-state index in [1.54, 1.807) is 0 Å². The van der Waals surface area contributed by atoms with E-state index < -0.39 is 0 Å². The van der Waals surface area contributed by atoms with Gasteiger partial charge in [0.05, 0.1) is 17.3 Å². The second-order valence-electron chi connectivity index (χ2n) is 6.02. The highest BCUT2D eigenvalue weighted by Gasteiger charge is 2.35. The number of para-hydroxylation sites is 1. The number of aromatic nitrogens is 1. The van der Waals surface area contributed by atoms with E-state index in [2.05, 4.69) is 53.5 Å². The van der Waals surface area contributed by atoms with Gasteiger partial charge < -0.3 is 5.32 Å². The summed E-state index contributed by atoms with van der Waals surface area (Å²) in [6.07, 6.45) is 2.47. The Morgan fingerprint density at radius 2 is 2.10 bits per heavy atom. The van der Waals surface area contributed by atoms with Gasteiger partial charge in [-0.15, -0.1) is 0 Å². The monoisotopic (exact) mass is 283 g/mol. The Kier molecular flexibility index (Phi) is 4.51. The SMILES string of the molecule is CCCN1CCC(CNC)C1c1ccc2ccccc2n1. The van der Waals surface area contributed by atoms with Crippen LogP contribution in [0, 0.1) is 5.92 Å². The van der Waals surface area contributed by atoms with Crippen LogP contribution in [0.2, 0.25) is 0 Å². The topological polar surface area (TPSA) is 28.2 Å². The molecule has 21 heavy (non-hydrogen) atoms. The van der Waals surface area contributed by atoms with Crippen LogP contribution in [0.3, 0.4) is 0 Å². The van der Waals surface area contributed by atoms with Crippen LogP contribution in [-0.4, -0.2) is 36.6 Å². The summed E-state index contributed by atoms with van der Waals surface area (Å²) in [6.45, 7) is 5.69. The largest absolute Gasteiger partial charge is 0.319 e. The van der Waals surface area contributed by atoms with Crippen molar-refractivity contribution in [1.29, 1.82) is 0 Å². The first kappa shape index (κ1) is 14.5. The maximum absolute atomic E-state index is 4.95. The van der Waals surface area contributed by atoms with Gasteiger partial charge in [-0.1, -0.05) is 31.2 Å². The Balaban J connectivity index is 1.95. The number of nitrogens with one attached hydrogen (secondary N) is 1. The van der Waals surface area contributed by atoms with Gasteiger partial charge in [0.1, 0.15) is 0 Å². The van der Waals surface area contributed by atoms with Crippen LogP contribution in [0.4, 0.5) is 0 Å². The summed E-state index contributed by atoms with van der Waals surface area (Å²) in [6, 6.07) is 13.3. The summed E-state index contributed by atoms with van der Waals surface area (Å²) in [7, 11) is 2.05. The van der Waals surface area contributed by atoms with Gasteiger partial charge in [0.15, 0.2) is 0 Å². The summed E-state index contributed by atoms with van der Waals surface area (Å²) in [5.74, 6) is 0.662. The van der Waals surface area contributed by atoms with Crippen LogP contribution in [0.15, 0.2) is 36.4 Å². The molecule has 1 saturated heterocycles. The standard InChI is InChI=1S/C18H25N3/c1-3-11-21-12-10-15(13-19-2)18(21)17-9-8-14-6-4-5-7-16(14)20-17/h4-9,15,18-19H,3,10-13H2,1-2H3. The van der Waals surface area contributed by atoms with Gasteiger partial charge >= 0.3 is 0 Å². The number of likely N-dealkylation sites (tertiary alicyclic amines) is 1. The maximum Gasteiger partial charge on any atom is 0.0706 e. The number of fused-ring (bicyclic) bond motifs is 1. The molecule has 2 aromatic rings. The van der Waals surface area contributed by atoms with Crippen molar-refractivity contribution < 1.29 is 0 Å². The van der Waals surface area contributed by atoms with Crippen molar-refractivity contribution in [2.75, 3.05) is 26.7 Å². The van der Waals surface area contributed by atoms with E-state index in [9.17, 15) is 0 Å². The fourth-order valence-corrected chi connectivity index (χ4v) is 3.62. The number of nitrogens with zero attached hydrogens (tertiary/aromatic N) is 2. The van der Waals surface area contributed by atoms with Crippen molar-refractivity contribution in [3.05, 3.63) is 42.1 Å². The Morgan fingerprint density at radius 3 is 2.90 bits per heavy atom. The molecule has 0 amide bonds. The fraction of sp³-hybridized carbons (Fsp3) is 0.500. The Morgan fingerprint density at radius 1 is 1.24 bits per heavy atom. The highest BCUT2D eigenvalue weighted by molar-refractivity contribution is 5.78. The van der Waals surface area contributed by atoms with Gasteiger partial charge in [0.2, 0.25) is 0 Å². The number of hydrogen-bond donors (Lipinski definition) is 1. The molecule has 0 saturated carbocycles. The molecule has 112 valence electrons. The average Bonchev–Trinajstić information content (AvgIpc) is 2.90. The van der Waals surface area contributed by atoms with E-state index in [0.29, 0.717) is 12.0 Å². The lowest BCUT2D eigenvalue weighted by Crippen LogP contribution is -2.30. The first-order chi connectivity index (χ1) is 10.3. The Hall–Kier alpha value is -1.45. The van der Waals surface area contributed by atoms with Gasteiger partial charge in [0.25, 0.3) is 0 Å². The molecule has 3 rings (SSSR count). The molecule has 2 heterocycles. The summed E-state index contributed by atoms with van der Waals surface area (Å²) >= 11 is 0. The van der Waals surface area contributed by atoms with Crippen molar-refractivity contribution >= 4 is 10.9 Å². The normalized spacial score (nSPS) is 23.0. The molecule has 3 nitrogen and oxygen atoms in total. The summed E-state index contributed by atoms with van der Waals surface area (Å²) in [5.41, 5.74) is 2.35. The summed E-state index contributed by atoms with van der Waals surface area (Å²) in [4.78, 5) is 7.56. The smallest absolute Gasteiger partial charge is 0.0706 e. The minimum absolute atomic E-state index is 0.460. The van der Waals surface area contributed by atoms with E-state index in [0.717, 1.165) is 12.1 Å². The second-order valence-corrected chi connectivity index (χ2v) is 6.02. The van der Waals surface area contributed by atoms with E-state index in [-0.39, 0.29) is 0 Å². The van der Waals surface area contributed by atoms with Crippen LogP contribution in [0.5, 0.6) is 0 Å². The third-order valence-electron chi connectivity index (χ3n) is 4.53.